The minimum atomic E-state index is -0.322. The van der Waals surface area contributed by atoms with Crippen LogP contribution in [-0.4, -0.2) is 16.0 Å². The fourth-order valence-corrected chi connectivity index (χ4v) is 1.77. The maximum atomic E-state index is 11.8. The Hall–Kier alpha value is -1.98. The first-order valence-corrected chi connectivity index (χ1v) is 6.22. The van der Waals surface area contributed by atoms with Gasteiger partial charge in [-0.05, 0) is 36.5 Å². The van der Waals surface area contributed by atoms with Gasteiger partial charge in [0.2, 0.25) is 0 Å². The third kappa shape index (κ3) is 3.74. The Bertz CT molecular complexity index is 604. The number of aromatic nitrogens is 1. The van der Waals surface area contributed by atoms with Gasteiger partial charge in [0.1, 0.15) is 0 Å². The van der Waals surface area contributed by atoms with Crippen molar-refractivity contribution in [3.05, 3.63) is 59.4 Å². The van der Waals surface area contributed by atoms with Crippen LogP contribution in [0.25, 0.3) is 0 Å². The van der Waals surface area contributed by atoms with Crippen molar-refractivity contribution >= 4 is 40.5 Å². The Morgan fingerprint density at radius 2 is 2.00 bits per heavy atom. The molecule has 0 radical (unpaired) electrons. The number of nitrogens with one attached hydrogen (secondary N) is 2. The summed E-state index contributed by atoms with van der Waals surface area (Å²) in [5.41, 5.74) is 1.08. The summed E-state index contributed by atoms with van der Waals surface area (Å²) in [6.45, 7) is 0. The molecule has 2 aromatic rings. The Kier molecular flexibility index (Phi) is 4.43. The van der Waals surface area contributed by atoms with Crippen molar-refractivity contribution in [1.29, 1.82) is 0 Å². The van der Waals surface area contributed by atoms with Crippen molar-refractivity contribution in [3.63, 3.8) is 0 Å². The van der Waals surface area contributed by atoms with Gasteiger partial charge in [0.25, 0.3) is 5.91 Å². The summed E-state index contributed by atoms with van der Waals surface area (Å²) in [6.07, 6.45) is 3.06. The van der Waals surface area contributed by atoms with Crippen LogP contribution in [0.2, 0.25) is 5.02 Å². The van der Waals surface area contributed by atoms with E-state index in [-0.39, 0.29) is 11.0 Å². The lowest BCUT2D eigenvalue weighted by Gasteiger charge is -2.10. The van der Waals surface area contributed by atoms with Gasteiger partial charge in [0.05, 0.1) is 16.3 Å². The van der Waals surface area contributed by atoms with Crippen LogP contribution in [0.15, 0.2) is 48.8 Å². The molecule has 4 nitrogen and oxygen atoms in total. The maximum Gasteiger partial charge on any atom is 0.258 e. The first-order valence-electron chi connectivity index (χ1n) is 5.43. The van der Waals surface area contributed by atoms with E-state index in [2.05, 4.69) is 15.6 Å². The molecule has 0 atom stereocenters. The van der Waals surface area contributed by atoms with Gasteiger partial charge in [-0.1, -0.05) is 23.7 Å². The molecule has 1 aromatic carbocycles. The Balaban J connectivity index is 1.99. The number of hydrogen-bond acceptors (Lipinski definition) is 3. The standard InChI is InChI=1S/C13H10ClN3OS/c14-10-5-1-2-6-11(10)16-13(19)17-12(18)9-4-3-7-15-8-9/h1-8H,(H2,16,17,18,19). The predicted molar refractivity (Wildman–Crippen MR) is 79.4 cm³/mol. The fraction of sp³-hybridized carbons (Fsp3) is 0. The molecule has 0 saturated carbocycles. The molecule has 6 heteroatoms. The second-order valence-corrected chi connectivity index (χ2v) is 4.45. The highest BCUT2D eigenvalue weighted by Gasteiger charge is 2.08. The van der Waals surface area contributed by atoms with Crippen LogP contribution in [0.5, 0.6) is 0 Å². The number of amides is 1. The number of carbonyl (C=O) groups excluding carboxylic acids is 1. The topological polar surface area (TPSA) is 54.0 Å². The van der Waals surface area contributed by atoms with Crippen LogP contribution in [0.1, 0.15) is 10.4 Å². The quantitative estimate of drug-likeness (QED) is 0.836. The predicted octanol–water partition coefficient (Wildman–Crippen LogP) is 2.86. The van der Waals surface area contributed by atoms with Gasteiger partial charge in [-0.2, -0.15) is 0 Å². The zero-order chi connectivity index (χ0) is 13.7. The lowest BCUT2D eigenvalue weighted by molar-refractivity contribution is 0.0977. The molecule has 96 valence electrons. The number of nitrogens with zero attached hydrogens (tertiary/aromatic N) is 1. The highest BCUT2D eigenvalue weighted by atomic mass is 35.5. The largest absolute Gasteiger partial charge is 0.331 e. The van der Waals surface area contributed by atoms with E-state index >= 15 is 0 Å². The molecule has 0 bridgehead atoms. The molecular formula is C13H10ClN3OS. The van der Waals surface area contributed by atoms with Crippen LogP contribution in [-0.2, 0) is 0 Å². The van der Waals surface area contributed by atoms with Gasteiger partial charge in [-0.3, -0.25) is 15.1 Å². The molecular weight excluding hydrogens is 282 g/mol. The van der Waals surface area contributed by atoms with E-state index in [1.54, 1.807) is 30.5 Å². The summed E-state index contributed by atoms with van der Waals surface area (Å²) in [4.78, 5) is 15.7. The number of carbonyl (C=O) groups is 1. The molecule has 1 amide bonds. The number of hydrogen-bond donors (Lipinski definition) is 2. The lowest BCUT2D eigenvalue weighted by Crippen LogP contribution is -2.34. The molecule has 1 heterocycles. The van der Waals surface area contributed by atoms with E-state index in [9.17, 15) is 4.79 Å². The van der Waals surface area contributed by atoms with E-state index in [4.69, 9.17) is 23.8 Å². The summed E-state index contributed by atoms with van der Waals surface area (Å²) in [6, 6.07) is 10.5. The van der Waals surface area contributed by atoms with E-state index in [0.717, 1.165) is 0 Å². The zero-order valence-electron chi connectivity index (χ0n) is 9.76. The number of anilines is 1. The van der Waals surface area contributed by atoms with Crippen molar-refractivity contribution in [2.24, 2.45) is 0 Å². The number of benzene rings is 1. The number of para-hydroxylation sites is 1. The normalized spacial score (nSPS) is 9.74. The molecule has 0 spiro atoms. The summed E-state index contributed by atoms with van der Waals surface area (Å²) < 4.78 is 0. The molecule has 0 aliphatic heterocycles. The zero-order valence-corrected chi connectivity index (χ0v) is 11.3. The first-order chi connectivity index (χ1) is 9.16. The number of halogens is 1. The Labute approximate surface area is 120 Å². The van der Waals surface area contributed by atoms with Gasteiger partial charge >= 0.3 is 0 Å². The third-order valence-electron chi connectivity index (χ3n) is 2.27. The maximum absolute atomic E-state index is 11.8. The second-order valence-electron chi connectivity index (χ2n) is 3.63. The van der Waals surface area contributed by atoms with Crippen LogP contribution < -0.4 is 10.6 Å². The fourth-order valence-electron chi connectivity index (χ4n) is 1.39. The van der Waals surface area contributed by atoms with Crippen LogP contribution in [0.3, 0.4) is 0 Å². The van der Waals surface area contributed by atoms with Crippen molar-refractivity contribution in [3.8, 4) is 0 Å². The van der Waals surface area contributed by atoms with E-state index in [1.807, 2.05) is 12.1 Å². The second kappa shape index (κ2) is 6.26. The average Bonchev–Trinajstić information content (AvgIpc) is 2.42. The third-order valence-corrected chi connectivity index (χ3v) is 2.81. The van der Waals surface area contributed by atoms with Crippen LogP contribution in [0.4, 0.5) is 5.69 Å². The summed E-state index contributed by atoms with van der Waals surface area (Å²) in [5.74, 6) is -0.322. The molecule has 19 heavy (non-hydrogen) atoms. The summed E-state index contributed by atoms with van der Waals surface area (Å²) in [5, 5.41) is 6.12. The van der Waals surface area contributed by atoms with Gasteiger partial charge in [0.15, 0.2) is 5.11 Å². The Morgan fingerprint density at radius 1 is 1.21 bits per heavy atom. The minimum Gasteiger partial charge on any atom is -0.331 e. The molecule has 2 N–H and O–H groups in total. The number of thiocarbonyl (C=S) groups is 1. The van der Waals surface area contributed by atoms with Gasteiger partial charge in [-0.25, -0.2) is 0 Å². The SMILES string of the molecule is O=C(NC(=S)Nc1ccccc1Cl)c1cccnc1. The molecule has 0 unspecified atom stereocenters. The lowest BCUT2D eigenvalue weighted by atomic mass is 10.3. The first kappa shape index (κ1) is 13.5. The van der Waals surface area contributed by atoms with Crippen LogP contribution in [0, 0.1) is 0 Å². The molecule has 0 fully saturated rings. The Morgan fingerprint density at radius 3 is 2.68 bits per heavy atom. The van der Waals surface area contributed by atoms with Crippen molar-refractivity contribution in [2.75, 3.05) is 5.32 Å². The van der Waals surface area contributed by atoms with Crippen molar-refractivity contribution in [2.45, 2.75) is 0 Å². The van der Waals surface area contributed by atoms with Crippen molar-refractivity contribution in [1.82, 2.24) is 10.3 Å². The molecule has 0 aliphatic carbocycles. The molecule has 2 rings (SSSR count). The van der Waals surface area contributed by atoms with E-state index < -0.39 is 0 Å². The average molecular weight is 292 g/mol. The van der Waals surface area contributed by atoms with E-state index in [1.165, 1.54) is 6.20 Å². The molecule has 0 aliphatic rings. The van der Waals surface area contributed by atoms with Gasteiger partial charge in [-0.15, -0.1) is 0 Å². The smallest absolute Gasteiger partial charge is 0.258 e. The van der Waals surface area contributed by atoms with Gasteiger partial charge in [0, 0.05) is 12.4 Å². The van der Waals surface area contributed by atoms with Crippen LogP contribution >= 0.6 is 23.8 Å². The highest BCUT2D eigenvalue weighted by Crippen LogP contribution is 2.20. The minimum absolute atomic E-state index is 0.182. The van der Waals surface area contributed by atoms with Gasteiger partial charge < -0.3 is 5.32 Å². The summed E-state index contributed by atoms with van der Waals surface area (Å²) in [7, 11) is 0. The molecule has 1 aromatic heterocycles. The number of pyridine rings is 1. The molecule has 0 saturated heterocycles. The summed E-state index contributed by atoms with van der Waals surface area (Å²) >= 11 is 11.0. The highest BCUT2D eigenvalue weighted by molar-refractivity contribution is 7.80. The number of rotatable bonds is 2. The van der Waals surface area contributed by atoms with Crippen molar-refractivity contribution < 1.29 is 4.79 Å². The van der Waals surface area contributed by atoms with E-state index in [0.29, 0.717) is 16.3 Å². The monoisotopic (exact) mass is 291 g/mol.